The van der Waals surface area contributed by atoms with Gasteiger partial charge in [-0.05, 0) is 23.1 Å². The molecule has 2 unspecified atom stereocenters. The average molecular weight is 493 g/mol. The van der Waals surface area contributed by atoms with Crippen molar-refractivity contribution in [2.75, 3.05) is 19.8 Å². The van der Waals surface area contributed by atoms with E-state index in [1.165, 1.54) is 11.3 Å². The van der Waals surface area contributed by atoms with Crippen LogP contribution < -0.4 is 16.6 Å². The second-order valence-corrected chi connectivity index (χ2v) is 8.66. The highest BCUT2D eigenvalue weighted by atomic mass is 35.5. The number of primary amides is 1. The molecular weight excluding hydrogens is 472 g/mol. The Hall–Kier alpha value is -2.83. The highest BCUT2D eigenvalue weighted by molar-refractivity contribution is 7.16. The lowest BCUT2D eigenvalue weighted by atomic mass is 10.2. The fraction of sp³-hybridized carbons (Fsp3) is 0.333. The topological polar surface area (TPSA) is 146 Å². The van der Waals surface area contributed by atoms with Crippen molar-refractivity contribution in [2.24, 2.45) is 5.73 Å². The third kappa shape index (κ3) is 5.75. The van der Waals surface area contributed by atoms with Gasteiger partial charge in [0.25, 0.3) is 11.5 Å². The lowest BCUT2D eigenvalue weighted by Crippen LogP contribution is -2.44. The van der Waals surface area contributed by atoms with Crippen LogP contribution in [0.1, 0.15) is 21.7 Å². The van der Waals surface area contributed by atoms with Gasteiger partial charge in [-0.2, -0.15) is 0 Å². The van der Waals surface area contributed by atoms with E-state index in [0.717, 1.165) is 5.56 Å². The largest absolute Gasteiger partial charge is 0.374 e. The zero-order valence-corrected chi connectivity index (χ0v) is 18.9. The lowest BCUT2D eigenvalue weighted by Gasteiger charge is -2.27. The second kappa shape index (κ2) is 10.4. The molecule has 2 atom stereocenters. The minimum Gasteiger partial charge on any atom is -0.374 e. The molecule has 0 spiro atoms. The molecule has 4 N–H and O–H groups in total. The van der Waals surface area contributed by atoms with E-state index in [1.807, 2.05) is 6.07 Å². The Balaban J connectivity index is 1.35. The Kier molecular flexibility index (Phi) is 7.36. The minimum absolute atomic E-state index is 0.0689. The summed E-state index contributed by atoms with van der Waals surface area (Å²) in [7, 11) is 0. The number of hydrogen-bond donors (Lipinski definition) is 3. The van der Waals surface area contributed by atoms with Crippen LogP contribution in [0.4, 0.5) is 0 Å². The molecule has 0 saturated carbocycles. The molecule has 3 heterocycles. The van der Waals surface area contributed by atoms with Gasteiger partial charge in [-0.15, -0.1) is 11.3 Å². The summed E-state index contributed by atoms with van der Waals surface area (Å²) < 4.78 is 16.5. The number of benzene rings is 1. The number of carbonyl (C=O) groups is 2. The van der Waals surface area contributed by atoms with Gasteiger partial charge in [-0.3, -0.25) is 14.4 Å². The van der Waals surface area contributed by atoms with E-state index in [-0.39, 0.29) is 44.9 Å². The number of ether oxygens (including phenoxy) is 3. The van der Waals surface area contributed by atoms with Crippen LogP contribution in [0.25, 0.3) is 10.2 Å². The molecule has 2 amide bonds. The Bertz CT molecular complexity index is 1220. The van der Waals surface area contributed by atoms with Gasteiger partial charge in [0, 0.05) is 17.1 Å². The molecule has 12 heteroatoms. The molecule has 4 rings (SSSR count). The summed E-state index contributed by atoms with van der Waals surface area (Å²) in [6.07, 6.45) is -1.08. The van der Waals surface area contributed by atoms with E-state index >= 15 is 0 Å². The fourth-order valence-electron chi connectivity index (χ4n) is 3.24. The number of halogens is 1. The van der Waals surface area contributed by atoms with Gasteiger partial charge < -0.3 is 30.2 Å². The van der Waals surface area contributed by atoms with Gasteiger partial charge in [-0.25, -0.2) is 4.98 Å². The van der Waals surface area contributed by atoms with E-state index in [1.54, 1.807) is 23.6 Å². The number of hydrogen-bond acceptors (Lipinski definition) is 8. The number of amides is 2. The van der Waals surface area contributed by atoms with Gasteiger partial charge >= 0.3 is 0 Å². The average Bonchev–Trinajstić information content (AvgIpc) is 3.21. The predicted molar refractivity (Wildman–Crippen MR) is 121 cm³/mol. The first-order valence-electron chi connectivity index (χ1n) is 10.0. The van der Waals surface area contributed by atoms with Crippen LogP contribution in [0.2, 0.25) is 5.02 Å². The van der Waals surface area contributed by atoms with Crippen molar-refractivity contribution >= 4 is 45.0 Å². The first kappa shape index (κ1) is 23.3. The quantitative estimate of drug-likeness (QED) is 0.430. The number of aromatic amines is 1. The zero-order valence-electron chi connectivity index (χ0n) is 17.3. The first-order chi connectivity index (χ1) is 15.9. The maximum absolute atomic E-state index is 12.6. The monoisotopic (exact) mass is 492 g/mol. The first-order valence-corrected chi connectivity index (χ1v) is 11.3. The van der Waals surface area contributed by atoms with Gasteiger partial charge in [0.2, 0.25) is 11.7 Å². The SMILES string of the molecule is NC(=O)C1COC(COCc2csc3nc(C(=O)NCc4cccc(Cl)c4)[nH]c(=O)c23)CO1. The number of nitrogens with two attached hydrogens (primary N) is 1. The molecule has 0 bridgehead atoms. The summed E-state index contributed by atoms with van der Waals surface area (Å²) >= 11 is 7.20. The summed E-state index contributed by atoms with van der Waals surface area (Å²) in [5.41, 5.74) is 6.24. The third-order valence-corrected chi connectivity index (χ3v) is 6.08. The highest BCUT2D eigenvalue weighted by Crippen LogP contribution is 2.22. The molecule has 1 aliphatic heterocycles. The molecule has 1 saturated heterocycles. The summed E-state index contributed by atoms with van der Waals surface area (Å²) in [5, 5.41) is 5.43. The van der Waals surface area contributed by atoms with Crippen LogP contribution in [0, 0.1) is 0 Å². The molecule has 0 radical (unpaired) electrons. The van der Waals surface area contributed by atoms with Crippen molar-refractivity contribution in [3.63, 3.8) is 0 Å². The number of nitrogens with one attached hydrogen (secondary N) is 2. The van der Waals surface area contributed by atoms with Crippen molar-refractivity contribution in [3.05, 3.63) is 62.0 Å². The van der Waals surface area contributed by atoms with Gasteiger partial charge in [0.15, 0.2) is 6.10 Å². The Morgan fingerprint density at radius 2 is 2.18 bits per heavy atom. The normalized spacial score (nSPS) is 18.3. The molecule has 174 valence electrons. The molecule has 3 aromatic rings. The number of thiophene rings is 1. The van der Waals surface area contributed by atoms with Crippen LogP contribution in [-0.2, 0) is 32.2 Å². The van der Waals surface area contributed by atoms with Crippen molar-refractivity contribution in [2.45, 2.75) is 25.4 Å². The number of H-pyrrole nitrogens is 1. The highest BCUT2D eigenvalue weighted by Gasteiger charge is 2.26. The maximum atomic E-state index is 12.6. The second-order valence-electron chi connectivity index (χ2n) is 7.36. The van der Waals surface area contributed by atoms with Crippen molar-refractivity contribution in [1.82, 2.24) is 15.3 Å². The Labute approximate surface area is 197 Å². The van der Waals surface area contributed by atoms with E-state index in [9.17, 15) is 14.4 Å². The predicted octanol–water partition coefficient (Wildman–Crippen LogP) is 1.35. The standard InChI is InChI=1S/C21H21ClN4O6S/c22-13-3-1-2-11(4-13)5-24-20(29)18-25-19(28)16-12(10-33-21(16)26-18)6-30-7-14-8-32-15(9-31-14)17(23)27/h1-4,10,14-15H,5-9H2,(H2,23,27)(H,24,29)(H,25,26,28). The molecule has 1 aliphatic rings. The van der Waals surface area contributed by atoms with Crippen LogP contribution >= 0.6 is 22.9 Å². The van der Waals surface area contributed by atoms with E-state index in [0.29, 0.717) is 20.8 Å². The summed E-state index contributed by atoms with van der Waals surface area (Å²) in [6, 6.07) is 7.11. The zero-order chi connectivity index (χ0) is 23.4. The van der Waals surface area contributed by atoms with Crippen molar-refractivity contribution < 1.29 is 23.8 Å². The number of aromatic nitrogens is 2. The van der Waals surface area contributed by atoms with Crippen LogP contribution in [0.3, 0.4) is 0 Å². The minimum atomic E-state index is -0.747. The van der Waals surface area contributed by atoms with E-state index in [2.05, 4.69) is 15.3 Å². The Morgan fingerprint density at radius 3 is 2.91 bits per heavy atom. The smallest absolute Gasteiger partial charge is 0.287 e. The number of carbonyl (C=O) groups excluding carboxylic acids is 2. The molecule has 1 fully saturated rings. The summed E-state index contributed by atoms with van der Waals surface area (Å²) in [4.78, 5) is 43.5. The molecule has 10 nitrogen and oxygen atoms in total. The van der Waals surface area contributed by atoms with Crippen LogP contribution in [0.5, 0.6) is 0 Å². The summed E-state index contributed by atoms with van der Waals surface area (Å²) in [6.45, 7) is 0.893. The molecule has 0 aliphatic carbocycles. The van der Waals surface area contributed by atoms with E-state index < -0.39 is 23.5 Å². The molecule has 2 aromatic heterocycles. The number of fused-ring (bicyclic) bond motifs is 1. The number of rotatable bonds is 8. The Morgan fingerprint density at radius 1 is 1.33 bits per heavy atom. The number of nitrogens with zero attached hydrogens (tertiary/aromatic N) is 1. The maximum Gasteiger partial charge on any atom is 0.287 e. The molecular formula is C21H21ClN4O6S. The van der Waals surface area contributed by atoms with E-state index in [4.69, 9.17) is 31.5 Å². The van der Waals surface area contributed by atoms with Gasteiger partial charge in [-0.1, -0.05) is 23.7 Å². The summed E-state index contributed by atoms with van der Waals surface area (Å²) in [5.74, 6) is -1.13. The van der Waals surface area contributed by atoms with Gasteiger partial charge in [0.05, 0.1) is 31.8 Å². The van der Waals surface area contributed by atoms with Crippen molar-refractivity contribution in [3.8, 4) is 0 Å². The van der Waals surface area contributed by atoms with Gasteiger partial charge in [0.1, 0.15) is 10.9 Å². The fourth-order valence-corrected chi connectivity index (χ4v) is 4.38. The lowest BCUT2D eigenvalue weighted by molar-refractivity contribution is -0.166. The molecule has 33 heavy (non-hydrogen) atoms. The van der Waals surface area contributed by atoms with Crippen molar-refractivity contribution in [1.29, 1.82) is 0 Å². The molecule has 1 aromatic carbocycles. The van der Waals surface area contributed by atoms with Crippen LogP contribution in [0.15, 0.2) is 34.4 Å². The third-order valence-electron chi connectivity index (χ3n) is 4.92. The van der Waals surface area contributed by atoms with Crippen LogP contribution in [-0.4, -0.2) is 53.8 Å².